The highest BCUT2D eigenvalue weighted by molar-refractivity contribution is 6.32. The number of nitrogens with zero attached hydrogens (tertiary/aromatic N) is 1. The van der Waals surface area contributed by atoms with Gasteiger partial charge in [0, 0.05) is 11.6 Å². The number of aromatic nitrogens is 1. The zero-order valence-electron chi connectivity index (χ0n) is 12.7. The number of nitrogens with one attached hydrogen (secondary N) is 1. The first-order valence-electron chi connectivity index (χ1n) is 7.15. The number of pyridine rings is 1. The molecule has 1 aromatic heterocycles. The van der Waals surface area contributed by atoms with Crippen LogP contribution in [-0.2, 0) is 13.2 Å². The molecular weight excluding hydrogens is 284 g/mol. The molecule has 1 aromatic carbocycles. The second kappa shape index (κ2) is 7.43. The summed E-state index contributed by atoms with van der Waals surface area (Å²) in [5.74, 6) is 0.827. The lowest BCUT2D eigenvalue weighted by Gasteiger charge is -2.10. The van der Waals surface area contributed by atoms with Crippen molar-refractivity contribution in [1.29, 1.82) is 0 Å². The van der Waals surface area contributed by atoms with Gasteiger partial charge in [0.2, 0.25) is 0 Å². The molecule has 0 unspecified atom stereocenters. The maximum Gasteiger partial charge on any atom is 0.130 e. The predicted molar refractivity (Wildman–Crippen MR) is 86.9 cm³/mol. The third-order valence-electron chi connectivity index (χ3n) is 3.22. The molecule has 0 amide bonds. The molecule has 4 heteroatoms. The van der Waals surface area contributed by atoms with E-state index in [1.165, 1.54) is 0 Å². The number of hydrogen-bond acceptors (Lipinski definition) is 3. The average Bonchev–Trinajstić information content (AvgIpc) is 2.49. The molecule has 2 aromatic rings. The molecule has 1 heterocycles. The molecule has 0 fully saturated rings. The van der Waals surface area contributed by atoms with E-state index in [9.17, 15) is 0 Å². The van der Waals surface area contributed by atoms with Crippen molar-refractivity contribution >= 4 is 11.6 Å². The minimum atomic E-state index is 0.459. The van der Waals surface area contributed by atoms with E-state index in [4.69, 9.17) is 16.3 Å². The molecule has 0 bridgehead atoms. The van der Waals surface area contributed by atoms with Gasteiger partial charge in [0.15, 0.2) is 0 Å². The summed E-state index contributed by atoms with van der Waals surface area (Å²) in [7, 11) is 0. The Bertz CT molecular complexity index is 590. The molecule has 0 radical (unpaired) electrons. The van der Waals surface area contributed by atoms with Gasteiger partial charge in [-0.1, -0.05) is 24.6 Å². The lowest BCUT2D eigenvalue weighted by Crippen LogP contribution is -2.13. The molecule has 1 N–H and O–H groups in total. The Morgan fingerprint density at radius 3 is 2.48 bits per heavy atom. The van der Waals surface area contributed by atoms with E-state index in [-0.39, 0.29) is 0 Å². The Morgan fingerprint density at radius 1 is 1.14 bits per heavy atom. The van der Waals surface area contributed by atoms with Crippen LogP contribution < -0.4 is 10.1 Å². The Hall–Kier alpha value is -1.58. The van der Waals surface area contributed by atoms with Crippen molar-refractivity contribution in [3.05, 3.63) is 57.9 Å². The van der Waals surface area contributed by atoms with Crippen molar-refractivity contribution in [2.45, 2.75) is 33.9 Å². The number of ether oxygens (including phenoxy) is 1. The molecule has 0 atom stereocenters. The predicted octanol–water partition coefficient (Wildman–Crippen LogP) is 4.04. The van der Waals surface area contributed by atoms with Crippen LogP contribution in [0.1, 0.15) is 29.4 Å². The minimum absolute atomic E-state index is 0.459. The van der Waals surface area contributed by atoms with Crippen LogP contribution in [0.15, 0.2) is 30.3 Å². The smallest absolute Gasteiger partial charge is 0.130 e. The lowest BCUT2D eigenvalue weighted by molar-refractivity contribution is 0.300. The van der Waals surface area contributed by atoms with E-state index in [1.54, 1.807) is 0 Å². The molecule has 21 heavy (non-hydrogen) atoms. The summed E-state index contributed by atoms with van der Waals surface area (Å²) in [5, 5.41) is 4.07. The fourth-order valence-electron chi connectivity index (χ4n) is 2.11. The van der Waals surface area contributed by atoms with Gasteiger partial charge in [-0.3, -0.25) is 4.98 Å². The zero-order valence-corrected chi connectivity index (χ0v) is 13.5. The highest BCUT2D eigenvalue weighted by Crippen LogP contribution is 2.26. The topological polar surface area (TPSA) is 34.1 Å². The normalized spacial score (nSPS) is 10.7. The summed E-state index contributed by atoms with van der Waals surface area (Å²) < 4.78 is 5.83. The Balaban J connectivity index is 2.03. The highest BCUT2D eigenvalue weighted by atomic mass is 35.5. The first-order valence-corrected chi connectivity index (χ1v) is 7.53. The molecule has 112 valence electrons. The fourth-order valence-corrected chi connectivity index (χ4v) is 2.22. The number of benzene rings is 1. The Labute approximate surface area is 131 Å². The quantitative estimate of drug-likeness (QED) is 0.874. The van der Waals surface area contributed by atoms with E-state index >= 15 is 0 Å². The van der Waals surface area contributed by atoms with E-state index in [2.05, 4.69) is 17.2 Å². The van der Waals surface area contributed by atoms with Crippen LogP contribution in [0.4, 0.5) is 0 Å². The summed E-state index contributed by atoms with van der Waals surface area (Å²) in [5.41, 5.74) is 4.01. The van der Waals surface area contributed by atoms with Crippen LogP contribution >= 0.6 is 11.6 Å². The van der Waals surface area contributed by atoms with Crippen LogP contribution in [0, 0.1) is 13.8 Å². The largest absolute Gasteiger partial charge is 0.487 e. The Kier molecular flexibility index (Phi) is 5.59. The van der Waals surface area contributed by atoms with Gasteiger partial charge in [0.05, 0.1) is 11.4 Å². The average molecular weight is 305 g/mol. The molecule has 0 aliphatic heterocycles. The van der Waals surface area contributed by atoms with Crippen LogP contribution in [0.25, 0.3) is 0 Å². The van der Waals surface area contributed by atoms with Crippen LogP contribution in [0.5, 0.6) is 5.75 Å². The van der Waals surface area contributed by atoms with Gasteiger partial charge in [0.1, 0.15) is 12.4 Å². The molecular formula is C17H21ClN2O. The molecule has 0 aliphatic rings. The minimum Gasteiger partial charge on any atom is -0.487 e. The maximum absolute atomic E-state index is 6.16. The number of aryl methyl sites for hydroxylation is 2. The van der Waals surface area contributed by atoms with E-state index in [0.717, 1.165) is 46.4 Å². The first-order chi connectivity index (χ1) is 10.1. The van der Waals surface area contributed by atoms with Gasteiger partial charge >= 0.3 is 0 Å². The van der Waals surface area contributed by atoms with Gasteiger partial charge in [-0.2, -0.15) is 0 Å². The molecule has 0 saturated heterocycles. The van der Waals surface area contributed by atoms with Crippen LogP contribution in [0.2, 0.25) is 5.02 Å². The summed E-state index contributed by atoms with van der Waals surface area (Å²) >= 11 is 6.16. The maximum atomic E-state index is 6.16. The van der Waals surface area contributed by atoms with Gasteiger partial charge in [-0.25, -0.2) is 0 Å². The molecule has 3 nitrogen and oxygen atoms in total. The van der Waals surface area contributed by atoms with Crippen molar-refractivity contribution in [2.75, 3.05) is 6.54 Å². The third-order valence-corrected chi connectivity index (χ3v) is 3.81. The van der Waals surface area contributed by atoms with Gasteiger partial charge < -0.3 is 10.1 Å². The standard InChI is InChI=1S/C17H21ClN2O/c1-4-19-10-14-6-5-7-15(20-14)11-21-16-8-12(2)17(18)13(3)9-16/h5-9,19H,4,10-11H2,1-3H3. The number of halogens is 1. The summed E-state index contributed by atoms with van der Waals surface area (Å²) in [6.07, 6.45) is 0. The van der Waals surface area contributed by atoms with Crippen molar-refractivity contribution in [2.24, 2.45) is 0 Å². The number of rotatable bonds is 6. The Morgan fingerprint density at radius 2 is 1.81 bits per heavy atom. The van der Waals surface area contributed by atoms with Gasteiger partial charge in [-0.05, 0) is 55.8 Å². The second-order valence-corrected chi connectivity index (χ2v) is 5.44. The van der Waals surface area contributed by atoms with E-state index < -0.39 is 0 Å². The van der Waals surface area contributed by atoms with Crippen molar-refractivity contribution in [3.63, 3.8) is 0 Å². The zero-order chi connectivity index (χ0) is 15.2. The molecule has 0 aliphatic carbocycles. The van der Waals surface area contributed by atoms with Crippen LogP contribution in [-0.4, -0.2) is 11.5 Å². The number of hydrogen-bond donors (Lipinski definition) is 1. The highest BCUT2D eigenvalue weighted by Gasteiger charge is 2.05. The molecule has 0 spiro atoms. The van der Waals surface area contributed by atoms with Gasteiger partial charge in [-0.15, -0.1) is 0 Å². The first kappa shape index (κ1) is 15.8. The SMILES string of the molecule is CCNCc1cccc(COc2cc(C)c(Cl)c(C)c2)n1. The molecule has 0 saturated carbocycles. The van der Waals surface area contributed by atoms with Crippen molar-refractivity contribution in [1.82, 2.24) is 10.3 Å². The van der Waals surface area contributed by atoms with Gasteiger partial charge in [0.25, 0.3) is 0 Å². The van der Waals surface area contributed by atoms with E-state index in [0.29, 0.717) is 6.61 Å². The van der Waals surface area contributed by atoms with Crippen LogP contribution in [0.3, 0.4) is 0 Å². The summed E-state index contributed by atoms with van der Waals surface area (Å²) in [6, 6.07) is 9.92. The lowest BCUT2D eigenvalue weighted by atomic mass is 10.1. The monoisotopic (exact) mass is 304 g/mol. The third kappa shape index (κ3) is 4.45. The fraction of sp³-hybridized carbons (Fsp3) is 0.353. The van der Waals surface area contributed by atoms with Crippen molar-refractivity contribution in [3.8, 4) is 5.75 Å². The summed E-state index contributed by atoms with van der Waals surface area (Å²) in [6.45, 7) is 8.23. The van der Waals surface area contributed by atoms with Crippen molar-refractivity contribution < 1.29 is 4.74 Å². The summed E-state index contributed by atoms with van der Waals surface area (Å²) in [4.78, 5) is 4.57. The second-order valence-electron chi connectivity index (χ2n) is 5.06. The molecule has 2 rings (SSSR count). The van der Waals surface area contributed by atoms with E-state index in [1.807, 2.05) is 44.2 Å².